The Kier molecular flexibility index (Phi) is 2.00. The van der Waals surface area contributed by atoms with Crippen LogP contribution < -0.4 is 5.73 Å². The van der Waals surface area contributed by atoms with E-state index in [4.69, 9.17) is 5.73 Å². The molecule has 0 amide bonds. The number of fused-ring (bicyclic) bond motifs is 1. The first-order valence-corrected chi connectivity index (χ1v) is 5.42. The third-order valence-corrected chi connectivity index (χ3v) is 3.24. The molecule has 0 spiro atoms. The van der Waals surface area contributed by atoms with Gasteiger partial charge in [0.25, 0.3) is 0 Å². The molecule has 1 heterocycles. The van der Waals surface area contributed by atoms with Crippen molar-refractivity contribution in [2.45, 2.75) is 26.2 Å². The molecule has 1 aromatic carbocycles. The third-order valence-electron chi connectivity index (χ3n) is 2.33. The number of hydrogen-bond donors (Lipinski definition) is 1. The number of aromatic nitrogens is 1. The van der Waals surface area contributed by atoms with Crippen LogP contribution in [0, 0.1) is 0 Å². The third kappa shape index (κ3) is 1.38. The molecule has 0 fully saturated rings. The lowest BCUT2D eigenvalue weighted by molar-refractivity contribution is 0.597. The minimum absolute atomic E-state index is 0.151. The van der Waals surface area contributed by atoms with Crippen molar-refractivity contribution < 1.29 is 0 Å². The highest BCUT2D eigenvalue weighted by Crippen LogP contribution is 2.34. The quantitative estimate of drug-likeness (QED) is 0.719. The van der Waals surface area contributed by atoms with Gasteiger partial charge < -0.3 is 5.73 Å². The van der Waals surface area contributed by atoms with Crippen molar-refractivity contribution in [1.29, 1.82) is 0 Å². The molecule has 0 atom stereocenters. The maximum Gasteiger partial charge on any atom is 0.144 e. The van der Waals surface area contributed by atoms with E-state index < -0.39 is 0 Å². The van der Waals surface area contributed by atoms with E-state index in [1.807, 2.05) is 12.1 Å². The number of rotatable bonds is 0. The second-order valence-corrected chi connectivity index (χ2v) is 5.27. The summed E-state index contributed by atoms with van der Waals surface area (Å²) < 4.78 is 5.41. The van der Waals surface area contributed by atoms with Crippen LogP contribution in [0.2, 0.25) is 0 Å². The first-order chi connectivity index (χ1) is 6.50. The fraction of sp³-hybridized carbons (Fsp3) is 0.364. The molecule has 0 aliphatic carbocycles. The van der Waals surface area contributed by atoms with Crippen molar-refractivity contribution in [2.75, 3.05) is 5.73 Å². The summed E-state index contributed by atoms with van der Waals surface area (Å²) in [5.41, 5.74) is 7.26. The standard InChI is InChI=1S/C11H14N2S/c1-11(2,3)8-6-4-5-7-9(8)14-13-10(7)12/h4-6H,1-3H3,(H2,12,13). The van der Waals surface area contributed by atoms with Gasteiger partial charge in [-0.1, -0.05) is 32.9 Å². The molecule has 0 bridgehead atoms. The molecule has 0 saturated carbocycles. The van der Waals surface area contributed by atoms with Gasteiger partial charge in [-0.05, 0) is 28.6 Å². The molecule has 1 aromatic heterocycles. The highest BCUT2D eigenvalue weighted by atomic mass is 32.1. The number of benzene rings is 1. The zero-order chi connectivity index (χ0) is 10.3. The normalized spacial score (nSPS) is 12.2. The summed E-state index contributed by atoms with van der Waals surface area (Å²) in [5, 5.41) is 1.09. The molecule has 2 rings (SSSR count). The van der Waals surface area contributed by atoms with Crippen molar-refractivity contribution in [2.24, 2.45) is 0 Å². The largest absolute Gasteiger partial charge is 0.382 e. The fourth-order valence-electron chi connectivity index (χ4n) is 1.57. The minimum Gasteiger partial charge on any atom is -0.382 e. The van der Waals surface area contributed by atoms with Gasteiger partial charge in [0.1, 0.15) is 5.82 Å². The summed E-state index contributed by atoms with van der Waals surface area (Å²) >= 11 is 1.49. The summed E-state index contributed by atoms with van der Waals surface area (Å²) in [6.07, 6.45) is 0. The van der Waals surface area contributed by atoms with Crippen molar-refractivity contribution in [3.05, 3.63) is 23.8 Å². The fourth-order valence-corrected chi connectivity index (χ4v) is 2.60. The highest BCUT2D eigenvalue weighted by molar-refractivity contribution is 7.14. The number of hydrogen-bond acceptors (Lipinski definition) is 3. The zero-order valence-electron chi connectivity index (χ0n) is 8.66. The summed E-state index contributed by atoms with van der Waals surface area (Å²) in [6, 6.07) is 6.23. The smallest absolute Gasteiger partial charge is 0.144 e. The van der Waals surface area contributed by atoms with Crippen molar-refractivity contribution in [3.63, 3.8) is 0 Å². The molecule has 2 nitrogen and oxygen atoms in total. The second kappa shape index (κ2) is 2.95. The lowest BCUT2D eigenvalue weighted by atomic mass is 9.86. The van der Waals surface area contributed by atoms with Crippen molar-refractivity contribution >= 4 is 27.4 Å². The van der Waals surface area contributed by atoms with Gasteiger partial charge in [0, 0.05) is 5.39 Å². The Balaban J connectivity index is 2.79. The molecular weight excluding hydrogens is 192 g/mol. The summed E-state index contributed by atoms with van der Waals surface area (Å²) in [5.74, 6) is 0.649. The van der Waals surface area contributed by atoms with Crippen LogP contribution in [-0.4, -0.2) is 4.37 Å². The van der Waals surface area contributed by atoms with E-state index in [0.717, 1.165) is 5.39 Å². The van der Waals surface area contributed by atoms with Gasteiger partial charge >= 0.3 is 0 Å². The SMILES string of the molecule is CC(C)(C)c1cccc2c(N)nsc12. The highest BCUT2D eigenvalue weighted by Gasteiger charge is 2.18. The Morgan fingerprint density at radius 2 is 2.00 bits per heavy atom. The first-order valence-electron chi connectivity index (χ1n) is 4.64. The van der Waals surface area contributed by atoms with Crippen LogP contribution in [0.5, 0.6) is 0 Å². The van der Waals surface area contributed by atoms with Gasteiger partial charge in [-0.2, -0.15) is 4.37 Å². The number of nitrogens with two attached hydrogens (primary N) is 1. The van der Waals surface area contributed by atoms with Crippen LogP contribution in [0.1, 0.15) is 26.3 Å². The average Bonchev–Trinajstić information content (AvgIpc) is 2.46. The van der Waals surface area contributed by atoms with Gasteiger partial charge in [-0.15, -0.1) is 0 Å². The lowest BCUT2D eigenvalue weighted by Crippen LogP contribution is -2.10. The van der Waals surface area contributed by atoms with Gasteiger partial charge in [0.05, 0.1) is 4.70 Å². The zero-order valence-corrected chi connectivity index (χ0v) is 9.48. The van der Waals surface area contributed by atoms with Crippen LogP contribution >= 0.6 is 11.5 Å². The Labute approximate surface area is 87.9 Å². The molecule has 0 aliphatic rings. The second-order valence-electron chi connectivity index (χ2n) is 4.50. The summed E-state index contributed by atoms with van der Waals surface area (Å²) in [7, 11) is 0. The molecule has 3 heteroatoms. The molecule has 0 unspecified atom stereocenters. The molecule has 2 aromatic rings. The van der Waals surface area contributed by atoms with E-state index in [1.54, 1.807) is 0 Å². The predicted octanol–water partition coefficient (Wildman–Crippen LogP) is 3.18. The number of anilines is 1. The van der Waals surface area contributed by atoms with E-state index in [-0.39, 0.29) is 5.41 Å². The molecule has 2 N–H and O–H groups in total. The average molecular weight is 206 g/mol. The molecule has 74 valence electrons. The maximum absolute atomic E-state index is 5.79. The topological polar surface area (TPSA) is 38.9 Å². The van der Waals surface area contributed by atoms with Crippen molar-refractivity contribution in [1.82, 2.24) is 4.37 Å². The monoisotopic (exact) mass is 206 g/mol. The molecule has 0 saturated heterocycles. The van der Waals surface area contributed by atoms with E-state index in [9.17, 15) is 0 Å². The Morgan fingerprint density at radius 1 is 1.29 bits per heavy atom. The Morgan fingerprint density at radius 3 is 2.64 bits per heavy atom. The van der Waals surface area contributed by atoms with Gasteiger partial charge in [0.2, 0.25) is 0 Å². The van der Waals surface area contributed by atoms with E-state index in [2.05, 4.69) is 31.2 Å². The van der Waals surface area contributed by atoms with Crippen molar-refractivity contribution in [3.8, 4) is 0 Å². The van der Waals surface area contributed by atoms with Crippen LogP contribution in [0.4, 0.5) is 5.82 Å². The Hall–Kier alpha value is -1.09. The van der Waals surface area contributed by atoms with Gasteiger partial charge in [-0.25, -0.2) is 0 Å². The van der Waals surface area contributed by atoms with Crippen LogP contribution in [0.25, 0.3) is 10.1 Å². The van der Waals surface area contributed by atoms with Gasteiger partial charge in [0.15, 0.2) is 0 Å². The van der Waals surface area contributed by atoms with Crippen LogP contribution in [0.15, 0.2) is 18.2 Å². The first kappa shape index (κ1) is 9.46. The Bertz CT molecular complexity index is 466. The molecular formula is C11H14N2S. The van der Waals surface area contributed by atoms with E-state index >= 15 is 0 Å². The molecule has 14 heavy (non-hydrogen) atoms. The molecule has 0 aliphatic heterocycles. The lowest BCUT2D eigenvalue weighted by Gasteiger charge is -2.19. The number of nitrogen functional groups attached to an aromatic ring is 1. The van der Waals surface area contributed by atoms with E-state index in [0.29, 0.717) is 5.82 Å². The van der Waals surface area contributed by atoms with E-state index in [1.165, 1.54) is 21.8 Å². The summed E-state index contributed by atoms with van der Waals surface area (Å²) in [6.45, 7) is 6.62. The molecule has 0 radical (unpaired) electrons. The minimum atomic E-state index is 0.151. The number of nitrogens with zero attached hydrogens (tertiary/aromatic N) is 1. The predicted molar refractivity (Wildman–Crippen MR) is 62.7 cm³/mol. The van der Waals surface area contributed by atoms with Gasteiger partial charge in [-0.3, -0.25) is 0 Å². The van der Waals surface area contributed by atoms with Crippen LogP contribution in [0.3, 0.4) is 0 Å². The summed E-state index contributed by atoms with van der Waals surface area (Å²) in [4.78, 5) is 0. The van der Waals surface area contributed by atoms with Crippen LogP contribution in [-0.2, 0) is 5.41 Å². The maximum atomic E-state index is 5.79.